The van der Waals surface area contributed by atoms with E-state index in [-0.39, 0.29) is 0 Å². The lowest BCUT2D eigenvalue weighted by Gasteiger charge is -1.95. The highest BCUT2D eigenvalue weighted by Gasteiger charge is 2.20. The monoisotopic (exact) mass is 133 g/mol. The maximum Gasteiger partial charge on any atom is 0.0270 e. The fourth-order valence-electron chi connectivity index (χ4n) is 1.17. The topological polar surface area (TPSA) is 12.9 Å². The summed E-state index contributed by atoms with van der Waals surface area (Å²) in [5.74, 6) is 0.988. The van der Waals surface area contributed by atoms with Gasteiger partial charge in [0.25, 0.3) is 0 Å². The molecule has 1 aromatic heterocycles. The quantitative estimate of drug-likeness (QED) is 0.601. The summed E-state index contributed by atoms with van der Waals surface area (Å²) in [5.41, 5.74) is 1.44. The Bertz CT molecular complexity index is 201. The molecule has 1 aromatic rings. The van der Waals surface area contributed by atoms with Crippen molar-refractivity contribution in [2.24, 2.45) is 5.92 Å². The summed E-state index contributed by atoms with van der Waals surface area (Å²) in [7, 11) is 0. The van der Waals surface area contributed by atoms with E-state index in [4.69, 9.17) is 0 Å². The van der Waals surface area contributed by atoms with Crippen LogP contribution in [0.15, 0.2) is 24.5 Å². The second-order valence-electron chi connectivity index (χ2n) is 3.00. The second kappa shape index (κ2) is 2.41. The molecule has 1 fully saturated rings. The maximum absolute atomic E-state index is 3.97. The van der Waals surface area contributed by atoms with E-state index in [0.717, 1.165) is 5.92 Å². The van der Waals surface area contributed by atoms with Gasteiger partial charge in [0.05, 0.1) is 0 Å². The van der Waals surface area contributed by atoms with Crippen molar-refractivity contribution in [3.63, 3.8) is 0 Å². The lowest BCUT2D eigenvalue weighted by molar-refractivity contribution is 0.830. The van der Waals surface area contributed by atoms with E-state index in [1.807, 2.05) is 12.4 Å². The van der Waals surface area contributed by atoms with Crippen LogP contribution in [0.2, 0.25) is 0 Å². The van der Waals surface area contributed by atoms with Gasteiger partial charge in [-0.3, -0.25) is 4.98 Å². The minimum absolute atomic E-state index is 0.988. The fraction of sp³-hybridized carbons (Fsp3) is 0.444. The number of pyridine rings is 1. The van der Waals surface area contributed by atoms with Crippen molar-refractivity contribution in [3.8, 4) is 0 Å². The van der Waals surface area contributed by atoms with Gasteiger partial charge in [-0.15, -0.1) is 0 Å². The highest BCUT2D eigenvalue weighted by atomic mass is 14.6. The molecule has 0 bridgehead atoms. The first-order valence-corrected chi connectivity index (χ1v) is 3.84. The van der Waals surface area contributed by atoms with Crippen LogP contribution >= 0.6 is 0 Å². The molecule has 1 aliphatic rings. The van der Waals surface area contributed by atoms with Crippen molar-refractivity contribution in [3.05, 3.63) is 30.1 Å². The smallest absolute Gasteiger partial charge is 0.0270 e. The van der Waals surface area contributed by atoms with Gasteiger partial charge < -0.3 is 0 Å². The van der Waals surface area contributed by atoms with Crippen molar-refractivity contribution >= 4 is 0 Å². The number of aromatic nitrogens is 1. The molecule has 1 aliphatic carbocycles. The molecule has 2 rings (SSSR count). The summed E-state index contributed by atoms with van der Waals surface area (Å²) >= 11 is 0. The van der Waals surface area contributed by atoms with Gasteiger partial charge in [-0.05, 0) is 42.9 Å². The van der Waals surface area contributed by atoms with E-state index in [1.54, 1.807) is 0 Å². The molecular weight excluding hydrogens is 122 g/mol. The molecule has 1 heteroatoms. The van der Waals surface area contributed by atoms with Gasteiger partial charge in [0.1, 0.15) is 0 Å². The summed E-state index contributed by atoms with van der Waals surface area (Å²) in [5, 5.41) is 0. The van der Waals surface area contributed by atoms with Crippen molar-refractivity contribution in [1.29, 1.82) is 0 Å². The standard InChI is InChI=1S/C9H11N/c1-2-8(1)7-9-3-5-10-6-4-9/h3-6,8H,1-2,7H2. The number of rotatable bonds is 2. The number of hydrogen-bond donors (Lipinski definition) is 0. The zero-order valence-electron chi connectivity index (χ0n) is 5.96. The van der Waals surface area contributed by atoms with Gasteiger partial charge in [-0.2, -0.15) is 0 Å². The predicted molar refractivity (Wildman–Crippen MR) is 40.7 cm³/mol. The van der Waals surface area contributed by atoms with E-state index in [2.05, 4.69) is 17.1 Å². The van der Waals surface area contributed by atoms with Crippen LogP contribution in [0.3, 0.4) is 0 Å². The molecule has 0 N–H and O–H groups in total. The highest BCUT2D eigenvalue weighted by molar-refractivity contribution is 5.11. The number of nitrogens with zero attached hydrogens (tertiary/aromatic N) is 1. The van der Waals surface area contributed by atoms with Crippen LogP contribution in [0.25, 0.3) is 0 Å². The second-order valence-corrected chi connectivity index (χ2v) is 3.00. The molecule has 10 heavy (non-hydrogen) atoms. The number of hydrogen-bond acceptors (Lipinski definition) is 1. The molecule has 0 radical (unpaired) electrons. The van der Waals surface area contributed by atoms with Crippen molar-refractivity contribution in [2.45, 2.75) is 19.3 Å². The molecule has 0 aromatic carbocycles. The van der Waals surface area contributed by atoms with Gasteiger partial charge in [0, 0.05) is 12.4 Å². The summed E-state index contributed by atoms with van der Waals surface area (Å²) < 4.78 is 0. The van der Waals surface area contributed by atoms with Crippen LogP contribution in [0.4, 0.5) is 0 Å². The molecule has 0 aliphatic heterocycles. The molecule has 0 atom stereocenters. The SMILES string of the molecule is c1cc(CC2CC2)ccn1. The van der Waals surface area contributed by atoms with Crippen LogP contribution in [-0.2, 0) is 6.42 Å². The lowest BCUT2D eigenvalue weighted by Crippen LogP contribution is -1.85. The Morgan fingerprint density at radius 3 is 2.60 bits per heavy atom. The van der Waals surface area contributed by atoms with Crippen LogP contribution < -0.4 is 0 Å². The summed E-state index contributed by atoms with van der Waals surface area (Å²) in [4.78, 5) is 3.97. The first-order valence-electron chi connectivity index (χ1n) is 3.84. The molecule has 1 heterocycles. The normalized spacial score (nSPS) is 17.2. The third-order valence-corrected chi connectivity index (χ3v) is 1.97. The third-order valence-electron chi connectivity index (χ3n) is 1.97. The first-order chi connectivity index (χ1) is 4.95. The Kier molecular flexibility index (Phi) is 1.42. The molecule has 0 spiro atoms. The first kappa shape index (κ1) is 5.90. The van der Waals surface area contributed by atoms with E-state index in [1.165, 1.54) is 24.8 Å². The molecule has 1 saturated carbocycles. The summed E-state index contributed by atoms with van der Waals surface area (Å²) in [6.07, 6.45) is 7.88. The van der Waals surface area contributed by atoms with Crippen LogP contribution in [0.1, 0.15) is 18.4 Å². The largest absolute Gasteiger partial charge is 0.265 e. The van der Waals surface area contributed by atoms with Crippen molar-refractivity contribution < 1.29 is 0 Å². The zero-order valence-corrected chi connectivity index (χ0v) is 5.96. The van der Waals surface area contributed by atoms with Crippen molar-refractivity contribution in [2.75, 3.05) is 0 Å². The molecular formula is C9H11N. The zero-order chi connectivity index (χ0) is 6.81. The average molecular weight is 133 g/mol. The average Bonchev–Trinajstić information content (AvgIpc) is 2.74. The minimum Gasteiger partial charge on any atom is -0.265 e. The van der Waals surface area contributed by atoms with Crippen LogP contribution in [0.5, 0.6) is 0 Å². The van der Waals surface area contributed by atoms with E-state index < -0.39 is 0 Å². The van der Waals surface area contributed by atoms with Gasteiger partial charge >= 0.3 is 0 Å². The third kappa shape index (κ3) is 1.35. The van der Waals surface area contributed by atoms with E-state index in [0.29, 0.717) is 0 Å². The fourth-order valence-corrected chi connectivity index (χ4v) is 1.17. The predicted octanol–water partition coefficient (Wildman–Crippen LogP) is 2.03. The summed E-state index contributed by atoms with van der Waals surface area (Å²) in [6.45, 7) is 0. The maximum atomic E-state index is 3.97. The Morgan fingerprint density at radius 2 is 2.00 bits per heavy atom. The Morgan fingerprint density at radius 1 is 1.30 bits per heavy atom. The molecule has 52 valence electrons. The minimum atomic E-state index is 0.988. The Balaban J connectivity index is 2.03. The Hall–Kier alpha value is -0.850. The van der Waals surface area contributed by atoms with Gasteiger partial charge in [-0.25, -0.2) is 0 Å². The highest BCUT2D eigenvalue weighted by Crippen LogP contribution is 2.32. The van der Waals surface area contributed by atoms with Crippen molar-refractivity contribution in [1.82, 2.24) is 4.98 Å². The summed E-state index contributed by atoms with van der Waals surface area (Å²) in [6, 6.07) is 4.22. The molecule has 0 unspecified atom stereocenters. The van der Waals surface area contributed by atoms with Gasteiger partial charge in [-0.1, -0.05) is 0 Å². The van der Waals surface area contributed by atoms with E-state index >= 15 is 0 Å². The van der Waals surface area contributed by atoms with E-state index in [9.17, 15) is 0 Å². The van der Waals surface area contributed by atoms with Gasteiger partial charge in [0.15, 0.2) is 0 Å². The van der Waals surface area contributed by atoms with Gasteiger partial charge in [0.2, 0.25) is 0 Å². The Labute approximate surface area is 61.1 Å². The van der Waals surface area contributed by atoms with Crippen LogP contribution in [-0.4, -0.2) is 4.98 Å². The lowest BCUT2D eigenvalue weighted by atomic mass is 10.1. The molecule has 0 saturated heterocycles. The molecule has 1 nitrogen and oxygen atoms in total. The molecule has 0 amide bonds. The van der Waals surface area contributed by atoms with Crippen LogP contribution in [0, 0.1) is 5.92 Å².